The molecular weight excluding hydrogens is 267 g/mol. The zero-order chi connectivity index (χ0) is 14.6. The van der Waals surface area contributed by atoms with Crippen molar-refractivity contribution in [2.45, 2.75) is 12.7 Å². The quantitative estimate of drug-likeness (QED) is 0.841. The summed E-state index contributed by atoms with van der Waals surface area (Å²) in [5, 5.41) is 0. The van der Waals surface area contributed by atoms with Crippen LogP contribution in [0.2, 0.25) is 0 Å². The average Bonchev–Trinajstić information content (AvgIpc) is 2.40. The van der Waals surface area contributed by atoms with Gasteiger partial charge in [-0.25, -0.2) is 0 Å². The first-order valence-corrected chi connectivity index (χ1v) is 5.96. The molecule has 2 rings (SSSR count). The Morgan fingerprint density at radius 3 is 2.35 bits per heavy atom. The minimum Gasteiger partial charge on any atom is -0.312 e. The molecule has 0 atom stereocenters. The molecule has 1 aromatic heterocycles. The van der Waals surface area contributed by atoms with E-state index in [-0.39, 0.29) is 5.56 Å². The first-order valence-electron chi connectivity index (χ1n) is 5.96. The number of alkyl halides is 3. The van der Waals surface area contributed by atoms with Gasteiger partial charge >= 0.3 is 6.18 Å². The van der Waals surface area contributed by atoms with Gasteiger partial charge in [-0.15, -0.1) is 0 Å². The third kappa shape index (κ3) is 3.60. The monoisotopic (exact) mass is 279 g/mol. The molecule has 20 heavy (non-hydrogen) atoms. The van der Waals surface area contributed by atoms with Crippen LogP contribution in [0.5, 0.6) is 0 Å². The molecule has 0 N–H and O–H groups in total. The Morgan fingerprint density at radius 2 is 1.75 bits per heavy atom. The fourth-order valence-corrected chi connectivity index (χ4v) is 1.70. The Balaban J connectivity index is 2.05. The van der Waals surface area contributed by atoms with Gasteiger partial charge in [-0.1, -0.05) is 30.4 Å². The summed E-state index contributed by atoms with van der Waals surface area (Å²) in [6.45, 7) is 0.376. The Hall–Kier alpha value is -2.30. The zero-order valence-corrected chi connectivity index (χ0v) is 10.5. The van der Waals surface area contributed by atoms with Crippen molar-refractivity contribution in [3.8, 4) is 0 Å². The highest BCUT2D eigenvalue weighted by molar-refractivity contribution is 5.49. The molecule has 0 saturated heterocycles. The normalized spacial score (nSPS) is 11.9. The van der Waals surface area contributed by atoms with E-state index >= 15 is 0 Å². The van der Waals surface area contributed by atoms with Crippen molar-refractivity contribution in [3.63, 3.8) is 0 Å². The summed E-state index contributed by atoms with van der Waals surface area (Å²) < 4.78 is 38.6. The van der Waals surface area contributed by atoms with Crippen molar-refractivity contribution in [3.05, 3.63) is 76.2 Å². The topological polar surface area (TPSA) is 22.0 Å². The number of pyridine rings is 1. The van der Waals surface area contributed by atoms with Crippen molar-refractivity contribution >= 4 is 6.08 Å². The second kappa shape index (κ2) is 5.77. The first-order chi connectivity index (χ1) is 9.47. The summed E-state index contributed by atoms with van der Waals surface area (Å²) in [6, 6.07) is 9.71. The van der Waals surface area contributed by atoms with Gasteiger partial charge in [-0.2, -0.15) is 13.2 Å². The van der Waals surface area contributed by atoms with Gasteiger partial charge in [0.2, 0.25) is 0 Å². The van der Waals surface area contributed by atoms with Crippen LogP contribution in [0.4, 0.5) is 13.2 Å². The van der Waals surface area contributed by atoms with Crippen molar-refractivity contribution in [2.75, 3.05) is 0 Å². The molecule has 2 nitrogen and oxygen atoms in total. The number of halogens is 3. The van der Waals surface area contributed by atoms with E-state index in [1.165, 1.54) is 22.8 Å². The SMILES string of the molecule is O=c1ccccn1C/C=C/c1ccc(C(F)(F)F)cc1. The van der Waals surface area contributed by atoms with Crippen LogP contribution in [-0.2, 0) is 12.7 Å². The summed E-state index contributed by atoms with van der Waals surface area (Å²) in [5.74, 6) is 0. The molecule has 104 valence electrons. The van der Waals surface area contributed by atoms with Gasteiger partial charge in [0.1, 0.15) is 0 Å². The largest absolute Gasteiger partial charge is 0.416 e. The molecule has 5 heteroatoms. The van der Waals surface area contributed by atoms with Crippen molar-refractivity contribution < 1.29 is 13.2 Å². The molecule has 0 aliphatic rings. The van der Waals surface area contributed by atoms with Gasteiger partial charge in [-0.3, -0.25) is 4.79 Å². The van der Waals surface area contributed by atoms with Gasteiger partial charge in [0, 0.05) is 18.8 Å². The third-order valence-corrected chi connectivity index (χ3v) is 2.75. The highest BCUT2D eigenvalue weighted by atomic mass is 19.4. The Morgan fingerprint density at radius 1 is 1.05 bits per heavy atom. The molecule has 0 saturated carbocycles. The van der Waals surface area contributed by atoms with E-state index in [4.69, 9.17) is 0 Å². The molecule has 0 fully saturated rings. The van der Waals surface area contributed by atoms with E-state index in [2.05, 4.69) is 0 Å². The van der Waals surface area contributed by atoms with Crippen LogP contribution in [-0.4, -0.2) is 4.57 Å². The lowest BCUT2D eigenvalue weighted by Crippen LogP contribution is -2.16. The minimum absolute atomic E-state index is 0.121. The molecule has 1 aromatic carbocycles. The molecule has 2 aromatic rings. The standard InChI is InChI=1S/C15H12F3NO/c16-15(17,18)13-8-6-12(7-9-13)4-3-11-19-10-2-1-5-14(19)20/h1-10H,11H2/b4-3+. The van der Waals surface area contributed by atoms with E-state index in [1.807, 2.05) is 0 Å². The first kappa shape index (κ1) is 14.1. The van der Waals surface area contributed by atoms with E-state index in [0.717, 1.165) is 12.1 Å². The molecule has 0 radical (unpaired) electrons. The Labute approximate surface area is 113 Å². The Bertz CT molecular complexity index is 654. The number of allylic oxidation sites excluding steroid dienone is 1. The predicted molar refractivity (Wildman–Crippen MR) is 71.2 cm³/mol. The molecule has 0 unspecified atom stereocenters. The van der Waals surface area contributed by atoms with Crippen LogP contribution in [0.1, 0.15) is 11.1 Å². The van der Waals surface area contributed by atoms with E-state index < -0.39 is 11.7 Å². The number of nitrogens with zero attached hydrogens (tertiary/aromatic N) is 1. The molecule has 0 amide bonds. The van der Waals surface area contributed by atoms with Crippen LogP contribution in [0.25, 0.3) is 6.08 Å². The van der Waals surface area contributed by atoms with Crippen molar-refractivity contribution in [2.24, 2.45) is 0 Å². The molecule has 1 heterocycles. The van der Waals surface area contributed by atoms with E-state index in [1.54, 1.807) is 30.5 Å². The summed E-state index contributed by atoms with van der Waals surface area (Å²) in [5.41, 5.74) is -0.138. The maximum Gasteiger partial charge on any atom is 0.416 e. The number of hydrogen-bond donors (Lipinski definition) is 0. The molecule has 0 spiro atoms. The third-order valence-electron chi connectivity index (χ3n) is 2.75. The number of aromatic nitrogens is 1. The summed E-state index contributed by atoms with van der Waals surface area (Å²) in [6.07, 6.45) is 0.739. The lowest BCUT2D eigenvalue weighted by molar-refractivity contribution is -0.137. The van der Waals surface area contributed by atoms with Crippen LogP contribution in [0, 0.1) is 0 Å². The summed E-state index contributed by atoms with van der Waals surface area (Å²) in [7, 11) is 0. The second-order valence-corrected chi connectivity index (χ2v) is 4.21. The van der Waals surface area contributed by atoms with E-state index in [0.29, 0.717) is 12.1 Å². The number of rotatable bonds is 3. The Kier molecular flexibility index (Phi) is 4.08. The fourth-order valence-electron chi connectivity index (χ4n) is 1.70. The van der Waals surface area contributed by atoms with Gasteiger partial charge in [0.05, 0.1) is 5.56 Å². The van der Waals surface area contributed by atoms with Gasteiger partial charge in [0.15, 0.2) is 0 Å². The molecular formula is C15H12F3NO. The smallest absolute Gasteiger partial charge is 0.312 e. The van der Waals surface area contributed by atoms with Crippen LogP contribution in [0.3, 0.4) is 0 Å². The lowest BCUT2D eigenvalue weighted by atomic mass is 10.1. The zero-order valence-electron chi connectivity index (χ0n) is 10.5. The summed E-state index contributed by atoms with van der Waals surface area (Å²) >= 11 is 0. The maximum absolute atomic E-state index is 12.4. The van der Waals surface area contributed by atoms with Crippen LogP contribution < -0.4 is 5.56 Å². The second-order valence-electron chi connectivity index (χ2n) is 4.21. The summed E-state index contributed by atoms with van der Waals surface area (Å²) in [4.78, 5) is 11.4. The maximum atomic E-state index is 12.4. The van der Waals surface area contributed by atoms with Gasteiger partial charge in [0.25, 0.3) is 5.56 Å². The minimum atomic E-state index is -4.32. The average molecular weight is 279 g/mol. The molecule has 0 bridgehead atoms. The number of hydrogen-bond acceptors (Lipinski definition) is 1. The molecule has 0 aliphatic carbocycles. The predicted octanol–water partition coefficient (Wildman–Crippen LogP) is 3.58. The van der Waals surface area contributed by atoms with Crippen molar-refractivity contribution in [1.82, 2.24) is 4.57 Å². The van der Waals surface area contributed by atoms with Crippen LogP contribution in [0.15, 0.2) is 59.5 Å². The fraction of sp³-hybridized carbons (Fsp3) is 0.133. The van der Waals surface area contributed by atoms with E-state index in [9.17, 15) is 18.0 Å². The van der Waals surface area contributed by atoms with Gasteiger partial charge < -0.3 is 4.57 Å². The lowest BCUT2D eigenvalue weighted by Gasteiger charge is -2.06. The highest BCUT2D eigenvalue weighted by Crippen LogP contribution is 2.29. The van der Waals surface area contributed by atoms with Crippen molar-refractivity contribution in [1.29, 1.82) is 0 Å². The van der Waals surface area contributed by atoms with Gasteiger partial charge in [-0.05, 0) is 23.8 Å². The number of benzene rings is 1. The molecule has 0 aliphatic heterocycles. The highest BCUT2D eigenvalue weighted by Gasteiger charge is 2.29. The van der Waals surface area contributed by atoms with Crippen LogP contribution >= 0.6 is 0 Å².